The standard InChI is InChI=1S/C16H17ClN4O3/c17-14-10-12(21(23)24)6-7-13(14)16(22)19-15-8-9-18-20(15)11-4-2-1-3-5-11/h6-11H,1-5H2,(H,19,22). The van der Waals surface area contributed by atoms with Gasteiger partial charge in [-0.25, -0.2) is 4.68 Å². The lowest BCUT2D eigenvalue weighted by molar-refractivity contribution is -0.384. The lowest BCUT2D eigenvalue weighted by Gasteiger charge is -2.23. The van der Waals surface area contributed by atoms with E-state index in [0.29, 0.717) is 5.82 Å². The average Bonchev–Trinajstić information content (AvgIpc) is 3.03. The number of hydrogen-bond acceptors (Lipinski definition) is 4. The molecular weight excluding hydrogens is 332 g/mol. The fraction of sp³-hybridized carbons (Fsp3) is 0.375. The van der Waals surface area contributed by atoms with E-state index in [0.717, 1.165) is 25.7 Å². The van der Waals surface area contributed by atoms with Crippen molar-refractivity contribution in [1.29, 1.82) is 0 Å². The minimum Gasteiger partial charge on any atom is -0.307 e. The van der Waals surface area contributed by atoms with E-state index in [4.69, 9.17) is 11.6 Å². The molecule has 0 atom stereocenters. The second-order valence-electron chi connectivity index (χ2n) is 5.83. The van der Waals surface area contributed by atoms with Crippen molar-refractivity contribution in [3.63, 3.8) is 0 Å². The van der Waals surface area contributed by atoms with Crippen molar-refractivity contribution in [3.05, 3.63) is 51.2 Å². The second-order valence-corrected chi connectivity index (χ2v) is 6.24. The lowest BCUT2D eigenvalue weighted by Crippen LogP contribution is -2.20. The van der Waals surface area contributed by atoms with Gasteiger partial charge in [0.1, 0.15) is 5.82 Å². The number of benzene rings is 1. The second kappa shape index (κ2) is 7.00. The zero-order chi connectivity index (χ0) is 17.1. The quantitative estimate of drug-likeness (QED) is 0.662. The number of nitro groups is 1. The molecule has 1 N–H and O–H groups in total. The van der Waals surface area contributed by atoms with Crippen molar-refractivity contribution in [2.75, 3.05) is 5.32 Å². The van der Waals surface area contributed by atoms with Crippen LogP contribution in [0.2, 0.25) is 5.02 Å². The van der Waals surface area contributed by atoms with Gasteiger partial charge in [0.2, 0.25) is 0 Å². The van der Waals surface area contributed by atoms with E-state index in [-0.39, 0.29) is 22.3 Å². The maximum atomic E-state index is 12.4. The maximum Gasteiger partial charge on any atom is 0.270 e. The van der Waals surface area contributed by atoms with Gasteiger partial charge in [-0.3, -0.25) is 14.9 Å². The molecule has 1 aromatic heterocycles. The molecular formula is C16H17ClN4O3. The zero-order valence-electron chi connectivity index (χ0n) is 12.9. The number of nitro benzene ring substituents is 1. The lowest BCUT2D eigenvalue weighted by atomic mass is 9.96. The van der Waals surface area contributed by atoms with Crippen LogP contribution >= 0.6 is 11.6 Å². The molecule has 24 heavy (non-hydrogen) atoms. The van der Waals surface area contributed by atoms with Gasteiger partial charge in [-0.15, -0.1) is 0 Å². The summed E-state index contributed by atoms with van der Waals surface area (Å²) in [5.74, 6) is 0.203. The van der Waals surface area contributed by atoms with E-state index in [1.807, 2.05) is 4.68 Å². The summed E-state index contributed by atoms with van der Waals surface area (Å²) in [7, 11) is 0. The smallest absolute Gasteiger partial charge is 0.270 e. The molecule has 7 nitrogen and oxygen atoms in total. The van der Waals surface area contributed by atoms with Crippen LogP contribution in [0.5, 0.6) is 0 Å². The maximum absolute atomic E-state index is 12.4. The number of anilines is 1. The summed E-state index contributed by atoms with van der Waals surface area (Å²) in [5.41, 5.74) is 0.0439. The van der Waals surface area contributed by atoms with Crippen molar-refractivity contribution < 1.29 is 9.72 Å². The highest BCUT2D eigenvalue weighted by Crippen LogP contribution is 2.30. The van der Waals surface area contributed by atoms with Crippen LogP contribution in [0, 0.1) is 10.1 Å². The van der Waals surface area contributed by atoms with Crippen LogP contribution in [0.15, 0.2) is 30.5 Å². The number of amides is 1. The Labute approximate surface area is 143 Å². The van der Waals surface area contributed by atoms with Crippen molar-refractivity contribution in [1.82, 2.24) is 9.78 Å². The first-order valence-electron chi connectivity index (χ1n) is 7.85. The molecule has 0 aliphatic heterocycles. The largest absolute Gasteiger partial charge is 0.307 e. The highest BCUT2D eigenvalue weighted by molar-refractivity contribution is 6.34. The predicted octanol–water partition coefficient (Wildman–Crippen LogP) is 4.20. The van der Waals surface area contributed by atoms with Gasteiger partial charge in [-0.05, 0) is 18.9 Å². The van der Waals surface area contributed by atoms with Crippen molar-refractivity contribution in [3.8, 4) is 0 Å². The number of carbonyl (C=O) groups is 1. The molecule has 1 saturated carbocycles. The molecule has 1 aliphatic rings. The fourth-order valence-corrected chi connectivity index (χ4v) is 3.28. The van der Waals surface area contributed by atoms with Crippen molar-refractivity contribution >= 4 is 29.0 Å². The molecule has 0 unspecified atom stereocenters. The summed E-state index contributed by atoms with van der Waals surface area (Å²) in [4.78, 5) is 22.6. The summed E-state index contributed by atoms with van der Waals surface area (Å²) in [6, 6.07) is 5.83. The Bertz CT molecular complexity index is 768. The molecule has 8 heteroatoms. The van der Waals surface area contributed by atoms with Gasteiger partial charge in [0.05, 0.1) is 27.7 Å². The van der Waals surface area contributed by atoms with Gasteiger partial charge in [0, 0.05) is 18.2 Å². The van der Waals surface area contributed by atoms with Crippen LogP contribution in [-0.2, 0) is 0 Å². The first-order valence-corrected chi connectivity index (χ1v) is 8.23. The van der Waals surface area contributed by atoms with Gasteiger partial charge in [-0.1, -0.05) is 30.9 Å². The van der Waals surface area contributed by atoms with Crippen LogP contribution in [0.1, 0.15) is 48.5 Å². The third-order valence-corrected chi connectivity index (χ3v) is 4.55. The van der Waals surface area contributed by atoms with Gasteiger partial charge in [0.25, 0.3) is 11.6 Å². The van der Waals surface area contributed by atoms with Crippen LogP contribution in [0.3, 0.4) is 0 Å². The minimum absolute atomic E-state index is 0.0467. The number of nitrogens with zero attached hydrogens (tertiary/aromatic N) is 3. The summed E-state index contributed by atoms with van der Waals surface area (Å²) in [6.45, 7) is 0. The Morgan fingerprint density at radius 1 is 1.29 bits per heavy atom. The summed E-state index contributed by atoms with van der Waals surface area (Å²) in [5, 5.41) is 17.9. The highest BCUT2D eigenvalue weighted by atomic mass is 35.5. The predicted molar refractivity (Wildman–Crippen MR) is 90.4 cm³/mol. The Morgan fingerprint density at radius 3 is 2.71 bits per heavy atom. The fourth-order valence-electron chi connectivity index (χ4n) is 3.02. The van der Waals surface area contributed by atoms with E-state index in [9.17, 15) is 14.9 Å². The summed E-state index contributed by atoms with van der Waals surface area (Å²) < 4.78 is 1.84. The van der Waals surface area contributed by atoms with Crippen molar-refractivity contribution in [2.45, 2.75) is 38.1 Å². The Balaban J connectivity index is 1.78. The molecule has 0 bridgehead atoms. The Hall–Kier alpha value is -2.41. The third-order valence-electron chi connectivity index (χ3n) is 4.24. The van der Waals surface area contributed by atoms with E-state index in [1.54, 1.807) is 12.3 Å². The minimum atomic E-state index is -0.550. The number of hydrogen-bond donors (Lipinski definition) is 1. The first-order chi connectivity index (χ1) is 11.6. The Kier molecular flexibility index (Phi) is 4.80. The zero-order valence-corrected chi connectivity index (χ0v) is 13.7. The topological polar surface area (TPSA) is 90.1 Å². The van der Waals surface area contributed by atoms with Gasteiger partial charge >= 0.3 is 0 Å². The normalized spacial score (nSPS) is 15.2. The van der Waals surface area contributed by atoms with Crippen LogP contribution in [-0.4, -0.2) is 20.6 Å². The molecule has 1 amide bonds. The van der Waals surface area contributed by atoms with Crippen LogP contribution < -0.4 is 5.32 Å². The molecule has 126 valence electrons. The SMILES string of the molecule is O=C(Nc1ccnn1C1CCCCC1)c1ccc([N+](=O)[O-])cc1Cl. The van der Waals surface area contributed by atoms with E-state index in [1.165, 1.54) is 24.6 Å². The average molecular weight is 349 g/mol. The summed E-state index contributed by atoms with van der Waals surface area (Å²) in [6.07, 6.45) is 7.30. The molecule has 1 aromatic carbocycles. The highest BCUT2D eigenvalue weighted by Gasteiger charge is 2.21. The summed E-state index contributed by atoms with van der Waals surface area (Å²) >= 11 is 6.01. The van der Waals surface area contributed by atoms with E-state index < -0.39 is 10.8 Å². The van der Waals surface area contributed by atoms with E-state index >= 15 is 0 Å². The molecule has 1 aliphatic carbocycles. The monoisotopic (exact) mass is 348 g/mol. The third kappa shape index (κ3) is 3.41. The molecule has 0 radical (unpaired) electrons. The number of aromatic nitrogens is 2. The number of carbonyl (C=O) groups excluding carboxylic acids is 1. The molecule has 1 fully saturated rings. The number of rotatable bonds is 4. The molecule has 0 spiro atoms. The Morgan fingerprint density at radius 2 is 2.04 bits per heavy atom. The van der Waals surface area contributed by atoms with Crippen molar-refractivity contribution in [2.24, 2.45) is 0 Å². The van der Waals surface area contributed by atoms with Gasteiger partial charge in [-0.2, -0.15) is 5.10 Å². The number of halogens is 1. The molecule has 0 saturated heterocycles. The van der Waals surface area contributed by atoms with Gasteiger partial charge in [0.15, 0.2) is 0 Å². The molecule has 3 rings (SSSR count). The van der Waals surface area contributed by atoms with Crippen LogP contribution in [0.25, 0.3) is 0 Å². The van der Waals surface area contributed by atoms with E-state index in [2.05, 4.69) is 10.4 Å². The molecule has 2 aromatic rings. The first kappa shape index (κ1) is 16.4. The number of non-ortho nitro benzene ring substituents is 1. The van der Waals surface area contributed by atoms with Gasteiger partial charge < -0.3 is 5.32 Å². The molecule has 1 heterocycles. The van der Waals surface area contributed by atoms with Crippen LogP contribution in [0.4, 0.5) is 11.5 Å². The number of nitrogens with one attached hydrogen (secondary N) is 1.